The highest BCUT2D eigenvalue weighted by molar-refractivity contribution is 7.11. The molecule has 0 saturated heterocycles. The Labute approximate surface area is 118 Å². The van der Waals surface area contributed by atoms with E-state index in [1.54, 1.807) is 31.2 Å². The van der Waals surface area contributed by atoms with Gasteiger partial charge in [-0.2, -0.15) is 0 Å². The molecule has 2 rings (SSSR count). The Bertz CT molecular complexity index is 717. The SMILES string of the molecule is COC(=O)c1ccccc1NC(=O)c1sc(=O)[nH]c1C. The van der Waals surface area contributed by atoms with E-state index in [-0.39, 0.29) is 15.3 Å². The number of ether oxygens (including phenoxy) is 1. The Morgan fingerprint density at radius 2 is 2.00 bits per heavy atom. The van der Waals surface area contributed by atoms with Crippen molar-refractivity contribution < 1.29 is 14.3 Å². The van der Waals surface area contributed by atoms with Gasteiger partial charge in [-0.3, -0.25) is 9.59 Å². The molecule has 1 aromatic heterocycles. The maximum Gasteiger partial charge on any atom is 0.339 e. The number of rotatable bonds is 3. The van der Waals surface area contributed by atoms with Gasteiger partial charge < -0.3 is 15.0 Å². The number of para-hydroxylation sites is 1. The number of amides is 1. The zero-order valence-electron chi connectivity index (χ0n) is 10.9. The molecule has 0 saturated carbocycles. The number of nitrogens with one attached hydrogen (secondary N) is 2. The fourth-order valence-electron chi connectivity index (χ4n) is 1.68. The summed E-state index contributed by atoms with van der Waals surface area (Å²) in [7, 11) is 1.27. The predicted molar refractivity (Wildman–Crippen MR) is 75.4 cm³/mol. The number of methoxy groups -OCH3 is 1. The van der Waals surface area contributed by atoms with Crippen molar-refractivity contribution in [2.24, 2.45) is 0 Å². The van der Waals surface area contributed by atoms with Gasteiger partial charge in [-0.15, -0.1) is 0 Å². The smallest absolute Gasteiger partial charge is 0.339 e. The summed E-state index contributed by atoms with van der Waals surface area (Å²) in [5.74, 6) is -0.984. The lowest BCUT2D eigenvalue weighted by atomic mass is 10.1. The van der Waals surface area contributed by atoms with Crippen molar-refractivity contribution in [3.8, 4) is 0 Å². The van der Waals surface area contributed by atoms with Crippen LogP contribution in [-0.4, -0.2) is 24.0 Å². The number of hydrogen-bond acceptors (Lipinski definition) is 5. The Morgan fingerprint density at radius 3 is 2.60 bits per heavy atom. The first-order valence-corrected chi connectivity index (χ1v) is 6.53. The molecule has 7 heteroatoms. The molecule has 2 aromatic rings. The third-order valence-electron chi connectivity index (χ3n) is 2.61. The first kappa shape index (κ1) is 14.0. The van der Waals surface area contributed by atoms with E-state index in [0.29, 0.717) is 11.4 Å². The van der Waals surface area contributed by atoms with Crippen molar-refractivity contribution in [1.82, 2.24) is 4.98 Å². The fraction of sp³-hybridized carbons (Fsp3) is 0.154. The van der Waals surface area contributed by atoms with Crippen molar-refractivity contribution in [2.75, 3.05) is 12.4 Å². The van der Waals surface area contributed by atoms with Crippen LogP contribution in [0, 0.1) is 6.92 Å². The molecule has 1 amide bonds. The Balaban J connectivity index is 2.31. The number of thiazole rings is 1. The molecule has 0 aliphatic heterocycles. The summed E-state index contributed by atoms with van der Waals surface area (Å²) in [6, 6.07) is 6.50. The molecule has 0 aliphatic rings. The number of H-pyrrole nitrogens is 1. The zero-order valence-corrected chi connectivity index (χ0v) is 11.7. The highest BCUT2D eigenvalue weighted by Crippen LogP contribution is 2.18. The molecule has 0 atom stereocenters. The molecule has 0 fully saturated rings. The number of carbonyl (C=O) groups excluding carboxylic acids is 2. The molecule has 20 heavy (non-hydrogen) atoms. The minimum Gasteiger partial charge on any atom is -0.465 e. The normalized spacial score (nSPS) is 10.1. The molecule has 0 unspecified atom stereocenters. The molecule has 0 bridgehead atoms. The van der Waals surface area contributed by atoms with Crippen LogP contribution in [0.2, 0.25) is 0 Å². The van der Waals surface area contributed by atoms with E-state index in [9.17, 15) is 14.4 Å². The van der Waals surface area contributed by atoms with Gasteiger partial charge in [0.05, 0.1) is 18.4 Å². The standard InChI is InChI=1S/C13H12N2O4S/c1-7-10(20-13(18)14-7)11(16)15-9-6-4-3-5-8(9)12(17)19-2/h3-6H,1-2H3,(H,14,18)(H,15,16). The van der Waals surface area contributed by atoms with E-state index in [1.807, 2.05) is 0 Å². The summed E-state index contributed by atoms with van der Waals surface area (Å²) in [5, 5.41) is 2.61. The number of hydrogen-bond donors (Lipinski definition) is 2. The monoisotopic (exact) mass is 292 g/mol. The van der Waals surface area contributed by atoms with Crippen LogP contribution in [0.1, 0.15) is 25.7 Å². The van der Waals surface area contributed by atoms with Gasteiger partial charge in [-0.05, 0) is 19.1 Å². The topological polar surface area (TPSA) is 88.3 Å². The second kappa shape index (κ2) is 5.70. The predicted octanol–water partition coefficient (Wildman–Crippen LogP) is 1.78. The number of carbonyl (C=O) groups is 2. The van der Waals surface area contributed by atoms with Gasteiger partial charge in [-0.1, -0.05) is 23.5 Å². The van der Waals surface area contributed by atoms with Crippen LogP contribution in [-0.2, 0) is 4.74 Å². The fourth-order valence-corrected chi connectivity index (χ4v) is 2.42. The second-order valence-corrected chi connectivity index (χ2v) is 4.94. The molecule has 0 radical (unpaired) electrons. The Morgan fingerprint density at radius 1 is 1.30 bits per heavy atom. The van der Waals surface area contributed by atoms with E-state index >= 15 is 0 Å². The molecule has 0 aliphatic carbocycles. The van der Waals surface area contributed by atoms with Crippen LogP contribution >= 0.6 is 11.3 Å². The maximum absolute atomic E-state index is 12.1. The summed E-state index contributed by atoms with van der Waals surface area (Å²) in [5.41, 5.74) is 1.08. The van der Waals surface area contributed by atoms with E-state index < -0.39 is 11.9 Å². The highest BCUT2D eigenvalue weighted by atomic mass is 32.1. The van der Waals surface area contributed by atoms with Crippen LogP contribution in [0.3, 0.4) is 0 Å². The lowest BCUT2D eigenvalue weighted by Gasteiger charge is -2.08. The Hall–Kier alpha value is -2.41. The lowest BCUT2D eigenvalue weighted by molar-refractivity contribution is 0.0602. The van der Waals surface area contributed by atoms with Crippen LogP contribution in [0.5, 0.6) is 0 Å². The number of aryl methyl sites for hydroxylation is 1. The van der Waals surface area contributed by atoms with Crippen molar-refractivity contribution >= 4 is 28.9 Å². The molecule has 1 aromatic carbocycles. The zero-order chi connectivity index (χ0) is 14.7. The van der Waals surface area contributed by atoms with Crippen LogP contribution in [0.25, 0.3) is 0 Å². The van der Waals surface area contributed by atoms with Crippen LogP contribution < -0.4 is 10.2 Å². The molecule has 6 nitrogen and oxygen atoms in total. The third kappa shape index (κ3) is 2.77. The van der Waals surface area contributed by atoms with Gasteiger partial charge in [0.1, 0.15) is 4.88 Å². The average Bonchev–Trinajstić information content (AvgIpc) is 2.77. The minimum absolute atomic E-state index is 0.254. The number of benzene rings is 1. The van der Waals surface area contributed by atoms with E-state index in [0.717, 1.165) is 11.3 Å². The summed E-state index contributed by atoms with van der Waals surface area (Å²) in [6.45, 7) is 1.64. The van der Waals surface area contributed by atoms with Crippen LogP contribution in [0.4, 0.5) is 5.69 Å². The first-order chi connectivity index (χ1) is 9.52. The molecule has 104 valence electrons. The van der Waals surface area contributed by atoms with Gasteiger partial charge in [0, 0.05) is 5.69 Å². The maximum atomic E-state index is 12.1. The molecule has 1 heterocycles. The van der Waals surface area contributed by atoms with Gasteiger partial charge >= 0.3 is 10.8 Å². The number of aromatic amines is 1. The summed E-state index contributed by atoms with van der Waals surface area (Å²) < 4.78 is 4.65. The van der Waals surface area contributed by atoms with Gasteiger partial charge in [-0.25, -0.2) is 4.79 Å². The number of aromatic nitrogens is 1. The number of anilines is 1. The Kier molecular flexibility index (Phi) is 3.99. The molecular formula is C13H12N2O4S. The largest absolute Gasteiger partial charge is 0.465 e. The second-order valence-electron chi connectivity index (χ2n) is 3.96. The summed E-state index contributed by atoms with van der Waals surface area (Å²) in [6.07, 6.45) is 0. The van der Waals surface area contributed by atoms with Crippen molar-refractivity contribution in [2.45, 2.75) is 6.92 Å². The lowest BCUT2D eigenvalue weighted by Crippen LogP contribution is -2.15. The van der Waals surface area contributed by atoms with Crippen LogP contribution in [0.15, 0.2) is 29.1 Å². The average molecular weight is 292 g/mol. The minimum atomic E-state index is -0.542. The van der Waals surface area contributed by atoms with Gasteiger partial charge in [0.25, 0.3) is 5.91 Å². The third-order valence-corrected chi connectivity index (χ3v) is 3.59. The van der Waals surface area contributed by atoms with Gasteiger partial charge in [0.2, 0.25) is 0 Å². The quantitative estimate of drug-likeness (QED) is 0.844. The summed E-state index contributed by atoms with van der Waals surface area (Å²) in [4.78, 5) is 37.4. The number of esters is 1. The van der Waals surface area contributed by atoms with Crippen molar-refractivity contribution in [1.29, 1.82) is 0 Å². The van der Waals surface area contributed by atoms with E-state index in [2.05, 4.69) is 15.0 Å². The first-order valence-electron chi connectivity index (χ1n) is 5.71. The van der Waals surface area contributed by atoms with Gasteiger partial charge in [0.15, 0.2) is 0 Å². The molecule has 0 spiro atoms. The van der Waals surface area contributed by atoms with Crippen molar-refractivity contribution in [3.05, 3.63) is 50.1 Å². The van der Waals surface area contributed by atoms with Crippen molar-refractivity contribution in [3.63, 3.8) is 0 Å². The van der Waals surface area contributed by atoms with E-state index in [4.69, 9.17) is 0 Å². The highest BCUT2D eigenvalue weighted by Gasteiger charge is 2.17. The molecular weight excluding hydrogens is 280 g/mol. The summed E-state index contributed by atoms with van der Waals surface area (Å²) >= 11 is 0.822. The van der Waals surface area contributed by atoms with E-state index in [1.165, 1.54) is 7.11 Å². The molecule has 2 N–H and O–H groups in total.